The first-order chi connectivity index (χ1) is 15.4. The molecule has 0 spiro atoms. The van der Waals surface area contributed by atoms with Gasteiger partial charge in [-0.05, 0) is 56.3 Å². The van der Waals surface area contributed by atoms with Crippen molar-refractivity contribution in [2.24, 2.45) is 0 Å². The van der Waals surface area contributed by atoms with Crippen molar-refractivity contribution in [1.29, 1.82) is 0 Å². The molecule has 3 aromatic carbocycles. The number of nitrogens with one attached hydrogen (secondary N) is 1. The molecule has 164 valence electrons. The standard InChI is InChI=1S/C24H23N3O5/c1-3-26(20-10-5-4-6-11-20)24(29)18-8-7-9-19(16-18)25-23(28)17(2)32-22-14-12-21(13-15-22)27(30)31/h4-17H,3H2,1-2H3,(H,25,28). The van der Waals surface area contributed by atoms with Crippen molar-refractivity contribution in [2.45, 2.75) is 20.0 Å². The van der Waals surface area contributed by atoms with Crippen LogP contribution in [0.3, 0.4) is 0 Å². The van der Waals surface area contributed by atoms with Crippen molar-refractivity contribution in [2.75, 3.05) is 16.8 Å². The van der Waals surface area contributed by atoms with Gasteiger partial charge in [0.1, 0.15) is 5.75 Å². The van der Waals surface area contributed by atoms with Gasteiger partial charge in [-0.25, -0.2) is 0 Å². The van der Waals surface area contributed by atoms with E-state index in [1.54, 1.807) is 36.1 Å². The van der Waals surface area contributed by atoms with Crippen LogP contribution in [0, 0.1) is 10.1 Å². The predicted octanol–water partition coefficient (Wildman–Crippen LogP) is 4.67. The summed E-state index contributed by atoms with van der Waals surface area (Å²) in [6.45, 7) is 3.97. The molecular formula is C24H23N3O5. The maximum Gasteiger partial charge on any atom is 0.269 e. The predicted molar refractivity (Wildman–Crippen MR) is 122 cm³/mol. The van der Waals surface area contributed by atoms with E-state index in [4.69, 9.17) is 4.74 Å². The Balaban J connectivity index is 1.67. The van der Waals surface area contributed by atoms with Gasteiger partial charge < -0.3 is 15.0 Å². The molecule has 8 heteroatoms. The van der Waals surface area contributed by atoms with E-state index in [1.807, 2.05) is 37.3 Å². The molecule has 0 aromatic heterocycles. The average Bonchev–Trinajstić information content (AvgIpc) is 2.80. The molecule has 0 fully saturated rings. The quantitative estimate of drug-likeness (QED) is 0.411. The van der Waals surface area contributed by atoms with Gasteiger partial charge in [-0.2, -0.15) is 0 Å². The number of hydrogen-bond donors (Lipinski definition) is 1. The highest BCUT2D eigenvalue weighted by Crippen LogP contribution is 2.21. The Kier molecular flexibility index (Phi) is 7.17. The lowest BCUT2D eigenvalue weighted by molar-refractivity contribution is -0.384. The Hall–Kier alpha value is -4.20. The normalized spacial score (nSPS) is 11.3. The summed E-state index contributed by atoms with van der Waals surface area (Å²) in [5.74, 6) is -0.253. The summed E-state index contributed by atoms with van der Waals surface area (Å²) < 4.78 is 5.56. The van der Waals surface area contributed by atoms with Gasteiger partial charge in [0.25, 0.3) is 17.5 Å². The minimum Gasteiger partial charge on any atom is -0.481 e. The number of carbonyl (C=O) groups is 2. The Morgan fingerprint density at radius 1 is 1.03 bits per heavy atom. The van der Waals surface area contributed by atoms with Crippen LogP contribution in [0.2, 0.25) is 0 Å². The number of benzene rings is 3. The van der Waals surface area contributed by atoms with Crippen LogP contribution in [-0.2, 0) is 4.79 Å². The number of para-hydroxylation sites is 1. The molecular weight excluding hydrogens is 410 g/mol. The number of ether oxygens (including phenoxy) is 1. The van der Waals surface area contributed by atoms with Crippen LogP contribution in [0.1, 0.15) is 24.2 Å². The van der Waals surface area contributed by atoms with Crippen LogP contribution in [0.5, 0.6) is 5.75 Å². The van der Waals surface area contributed by atoms with Crippen LogP contribution in [0.4, 0.5) is 17.1 Å². The SMILES string of the molecule is CCN(C(=O)c1cccc(NC(=O)C(C)Oc2ccc([N+](=O)[O-])cc2)c1)c1ccccc1. The average molecular weight is 433 g/mol. The molecule has 0 saturated carbocycles. The van der Waals surface area contributed by atoms with E-state index in [0.29, 0.717) is 23.5 Å². The molecule has 1 atom stereocenters. The minimum absolute atomic E-state index is 0.0624. The zero-order valence-electron chi connectivity index (χ0n) is 17.7. The van der Waals surface area contributed by atoms with E-state index in [1.165, 1.54) is 24.3 Å². The van der Waals surface area contributed by atoms with Crippen LogP contribution in [-0.4, -0.2) is 29.4 Å². The maximum atomic E-state index is 13.0. The van der Waals surface area contributed by atoms with Crippen LogP contribution in [0.25, 0.3) is 0 Å². The van der Waals surface area contributed by atoms with Crippen molar-refractivity contribution in [1.82, 2.24) is 0 Å². The molecule has 0 aliphatic carbocycles. The molecule has 0 radical (unpaired) electrons. The molecule has 8 nitrogen and oxygen atoms in total. The number of nitro benzene ring substituents is 1. The largest absolute Gasteiger partial charge is 0.481 e. The monoisotopic (exact) mass is 433 g/mol. The smallest absolute Gasteiger partial charge is 0.269 e. The van der Waals surface area contributed by atoms with Gasteiger partial charge >= 0.3 is 0 Å². The van der Waals surface area contributed by atoms with Crippen LogP contribution in [0.15, 0.2) is 78.9 Å². The van der Waals surface area contributed by atoms with E-state index in [0.717, 1.165) is 5.69 Å². The molecule has 0 saturated heterocycles. The number of non-ortho nitro benzene ring substituents is 1. The van der Waals surface area contributed by atoms with Gasteiger partial charge in [-0.1, -0.05) is 24.3 Å². The Bertz CT molecular complexity index is 1100. The molecule has 0 heterocycles. The summed E-state index contributed by atoms with van der Waals surface area (Å²) in [7, 11) is 0. The number of nitro groups is 1. The summed E-state index contributed by atoms with van der Waals surface area (Å²) in [5, 5.41) is 13.5. The number of hydrogen-bond acceptors (Lipinski definition) is 5. The fraction of sp³-hybridized carbons (Fsp3) is 0.167. The molecule has 0 aliphatic rings. The van der Waals surface area contributed by atoms with Gasteiger partial charge in [0.2, 0.25) is 0 Å². The minimum atomic E-state index is -0.854. The lowest BCUT2D eigenvalue weighted by Gasteiger charge is -2.21. The van der Waals surface area contributed by atoms with Gasteiger partial charge in [0, 0.05) is 35.6 Å². The first-order valence-corrected chi connectivity index (χ1v) is 10.1. The molecule has 3 rings (SSSR count). The Labute approximate surface area is 185 Å². The van der Waals surface area contributed by atoms with Gasteiger partial charge in [0.15, 0.2) is 6.10 Å². The summed E-state index contributed by atoms with van der Waals surface area (Å²) >= 11 is 0. The van der Waals surface area contributed by atoms with Crippen molar-refractivity contribution in [3.05, 3.63) is 94.5 Å². The summed E-state index contributed by atoms with van der Waals surface area (Å²) in [6.07, 6.45) is -0.854. The molecule has 1 unspecified atom stereocenters. The number of rotatable bonds is 8. The Morgan fingerprint density at radius 3 is 2.34 bits per heavy atom. The van der Waals surface area contributed by atoms with Gasteiger partial charge in [-0.15, -0.1) is 0 Å². The fourth-order valence-electron chi connectivity index (χ4n) is 3.09. The number of carbonyl (C=O) groups excluding carboxylic acids is 2. The van der Waals surface area contributed by atoms with Crippen molar-refractivity contribution in [3.63, 3.8) is 0 Å². The van der Waals surface area contributed by atoms with Crippen molar-refractivity contribution in [3.8, 4) is 5.75 Å². The third-order valence-corrected chi connectivity index (χ3v) is 4.74. The zero-order valence-corrected chi connectivity index (χ0v) is 17.7. The highest BCUT2D eigenvalue weighted by Gasteiger charge is 2.19. The first-order valence-electron chi connectivity index (χ1n) is 10.1. The van der Waals surface area contributed by atoms with E-state index in [-0.39, 0.29) is 11.6 Å². The molecule has 0 aliphatic heterocycles. The van der Waals surface area contributed by atoms with E-state index < -0.39 is 16.9 Å². The lowest BCUT2D eigenvalue weighted by atomic mass is 10.1. The molecule has 32 heavy (non-hydrogen) atoms. The second-order valence-corrected chi connectivity index (χ2v) is 6.97. The number of nitrogens with zero attached hydrogens (tertiary/aromatic N) is 2. The molecule has 3 aromatic rings. The summed E-state index contributed by atoms with van der Waals surface area (Å²) in [4.78, 5) is 37.4. The second kappa shape index (κ2) is 10.2. The van der Waals surface area contributed by atoms with Gasteiger partial charge in [0.05, 0.1) is 4.92 Å². The van der Waals surface area contributed by atoms with Crippen molar-refractivity contribution >= 4 is 28.9 Å². The van der Waals surface area contributed by atoms with E-state index in [9.17, 15) is 19.7 Å². The van der Waals surface area contributed by atoms with E-state index >= 15 is 0 Å². The lowest BCUT2D eigenvalue weighted by Crippen LogP contribution is -2.31. The zero-order chi connectivity index (χ0) is 23.1. The Morgan fingerprint density at radius 2 is 1.72 bits per heavy atom. The third-order valence-electron chi connectivity index (χ3n) is 4.74. The van der Waals surface area contributed by atoms with Gasteiger partial charge in [-0.3, -0.25) is 19.7 Å². The number of amides is 2. The fourth-order valence-corrected chi connectivity index (χ4v) is 3.09. The highest BCUT2D eigenvalue weighted by molar-refractivity contribution is 6.07. The van der Waals surface area contributed by atoms with E-state index in [2.05, 4.69) is 5.32 Å². The molecule has 2 amide bonds. The molecule has 1 N–H and O–H groups in total. The maximum absolute atomic E-state index is 13.0. The van der Waals surface area contributed by atoms with Crippen molar-refractivity contribution < 1.29 is 19.2 Å². The topological polar surface area (TPSA) is 102 Å². The first kappa shape index (κ1) is 22.5. The van der Waals surface area contributed by atoms with Crippen LogP contribution < -0.4 is 15.0 Å². The van der Waals surface area contributed by atoms with Crippen LogP contribution >= 0.6 is 0 Å². The summed E-state index contributed by atoms with van der Waals surface area (Å²) in [6, 6.07) is 21.5. The second-order valence-electron chi connectivity index (χ2n) is 6.97. The third kappa shape index (κ3) is 5.48. The highest BCUT2D eigenvalue weighted by atomic mass is 16.6. The summed E-state index contributed by atoms with van der Waals surface area (Å²) in [5.41, 5.74) is 1.63. The molecule has 0 bridgehead atoms. The number of anilines is 2.